The average Bonchev–Trinajstić information content (AvgIpc) is 2.82. The molecule has 0 radical (unpaired) electrons. The van der Waals surface area contributed by atoms with Gasteiger partial charge in [-0.2, -0.15) is 0 Å². The van der Waals surface area contributed by atoms with Crippen LogP contribution in [-0.4, -0.2) is 6.04 Å². The molecule has 1 aromatic heterocycles. The van der Waals surface area contributed by atoms with Gasteiger partial charge in [0.25, 0.3) is 0 Å². The molecule has 0 spiro atoms. The molecular weight excluding hydrogens is 264 g/mol. The Hall–Kier alpha value is -1.26. The molecule has 2 N–H and O–H groups in total. The summed E-state index contributed by atoms with van der Waals surface area (Å²) in [5.41, 5.74) is 6.37. The summed E-state index contributed by atoms with van der Waals surface area (Å²) in [6, 6.07) is 8.18. The minimum absolute atomic E-state index is 0.195. The van der Waals surface area contributed by atoms with Crippen LogP contribution >= 0.6 is 11.3 Å². The Morgan fingerprint density at radius 3 is 2.53 bits per heavy atom. The summed E-state index contributed by atoms with van der Waals surface area (Å²) in [7, 11) is 0. The van der Waals surface area contributed by atoms with E-state index in [1.165, 1.54) is 15.8 Å². The second-order valence-corrected chi connectivity index (χ2v) is 5.86. The maximum atomic E-state index is 13.5. The zero-order chi connectivity index (χ0) is 13.8. The number of halogens is 2. The van der Waals surface area contributed by atoms with Gasteiger partial charge < -0.3 is 5.73 Å². The SMILES string of the molecule is CCc1ccc(CC(N)Cc2cccc(F)c2F)s1. The number of hydrogen-bond donors (Lipinski definition) is 1. The fraction of sp³-hybridized carbons (Fsp3) is 0.333. The van der Waals surface area contributed by atoms with E-state index in [0.717, 1.165) is 12.5 Å². The van der Waals surface area contributed by atoms with Gasteiger partial charge in [0.2, 0.25) is 0 Å². The van der Waals surface area contributed by atoms with Gasteiger partial charge in [0.05, 0.1) is 0 Å². The molecule has 0 aliphatic rings. The van der Waals surface area contributed by atoms with E-state index in [4.69, 9.17) is 5.73 Å². The van der Waals surface area contributed by atoms with Crippen molar-refractivity contribution in [2.75, 3.05) is 0 Å². The Balaban J connectivity index is 2.01. The van der Waals surface area contributed by atoms with Gasteiger partial charge in [-0.1, -0.05) is 19.1 Å². The van der Waals surface area contributed by atoms with Crippen LogP contribution in [0.1, 0.15) is 22.2 Å². The van der Waals surface area contributed by atoms with E-state index in [-0.39, 0.29) is 6.04 Å². The second-order valence-electron chi connectivity index (χ2n) is 4.60. The number of hydrogen-bond acceptors (Lipinski definition) is 2. The molecule has 1 unspecified atom stereocenters. The summed E-state index contributed by atoms with van der Waals surface area (Å²) in [5.74, 6) is -1.59. The highest BCUT2D eigenvalue weighted by molar-refractivity contribution is 7.11. The summed E-state index contributed by atoms with van der Waals surface area (Å²) in [4.78, 5) is 2.51. The molecule has 0 bridgehead atoms. The minimum Gasteiger partial charge on any atom is -0.327 e. The summed E-state index contributed by atoms with van der Waals surface area (Å²) < 4.78 is 26.6. The first-order valence-corrected chi connectivity index (χ1v) is 7.18. The zero-order valence-electron chi connectivity index (χ0n) is 10.8. The molecule has 0 aliphatic heterocycles. The van der Waals surface area contributed by atoms with E-state index in [9.17, 15) is 8.78 Å². The van der Waals surface area contributed by atoms with Crippen LogP contribution in [0.2, 0.25) is 0 Å². The summed E-state index contributed by atoms with van der Waals surface area (Å²) in [6.07, 6.45) is 2.06. The Kier molecular flexibility index (Phi) is 4.66. The fourth-order valence-electron chi connectivity index (χ4n) is 2.04. The maximum absolute atomic E-state index is 13.5. The van der Waals surface area contributed by atoms with Gasteiger partial charge in [-0.25, -0.2) is 8.78 Å². The third kappa shape index (κ3) is 3.61. The summed E-state index contributed by atoms with van der Waals surface area (Å²) in [5, 5.41) is 0. The van der Waals surface area contributed by atoms with Crippen molar-refractivity contribution in [2.45, 2.75) is 32.2 Å². The van der Waals surface area contributed by atoms with Crippen LogP contribution in [0.3, 0.4) is 0 Å². The van der Waals surface area contributed by atoms with E-state index in [1.54, 1.807) is 17.4 Å². The monoisotopic (exact) mass is 281 g/mol. The van der Waals surface area contributed by atoms with E-state index < -0.39 is 11.6 Å². The molecule has 1 atom stereocenters. The number of rotatable bonds is 5. The number of aryl methyl sites for hydroxylation is 1. The van der Waals surface area contributed by atoms with Gasteiger partial charge in [0.1, 0.15) is 0 Å². The Morgan fingerprint density at radius 1 is 1.11 bits per heavy atom. The van der Waals surface area contributed by atoms with Crippen molar-refractivity contribution in [3.8, 4) is 0 Å². The van der Waals surface area contributed by atoms with Crippen molar-refractivity contribution in [2.24, 2.45) is 5.73 Å². The predicted molar refractivity (Wildman–Crippen MR) is 75.4 cm³/mol. The van der Waals surface area contributed by atoms with Crippen LogP contribution in [0.4, 0.5) is 8.78 Å². The first-order chi connectivity index (χ1) is 9.10. The third-order valence-electron chi connectivity index (χ3n) is 3.04. The molecular formula is C15H17F2NS. The quantitative estimate of drug-likeness (QED) is 0.888. The van der Waals surface area contributed by atoms with E-state index in [1.807, 2.05) is 0 Å². The van der Waals surface area contributed by atoms with Crippen molar-refractivity contribution < 1.29 is 8.78 Å². The summed E-state index contributed by atoms with van der Waals surface area (Å²) >= 11 is 1.73. The van der Waals surface area contributed by atoms with Gasteiger partial charge in [0, 0.05) is 15.8 Å². The lowest BCUT2D eigenvalue weighted by Gasteiger charge is -2.11. The van der Waals surface area contributed by atoms with Gasteiger partial charge in [0.15, 0.2) is 11.6 Å². The maximum Gasteiger partial charge on any atom is 0.162 e. The standard InChI is InChI=1S/C15H17F2NS/c1-2-12-6-7-13(19-12)9-11(18)8-10-4-3-5-14(16)15(10)17/h3-7,11H,2,8-9,18H2,1H3. The molecule has 1 heterocycles. The molecule has 0 saturated heterocycles. The number of benzene rings is 1. The van der Waals surface area contributed by atoms with E-state index in [0.29, 0.717) is 18.4 Å². The van der Waals surface area contributed by atoms with Crippen LogP contribution in [0.5, 0.6) is 0 Å². The first kappa shape index (κ1) is 14.2. The van der Waals surface area contributed by atoms with Crippen molar-refractivity contribution in [1.29, 1.82) is 0 Å². The Labute approximate surface area is 116 Å². The van der Waals surface area contributed by atoms with Crippen molar-refractivity contribution in [3.63, 3.8) is 0 Å². The second kappa shape index (κ2) is 6.26. The lowest BCUT2D eigenvalue weighted by molar-refractivity contribution is 0.493. The van der Waals surface area contributed by atoms with Crippen molar-refractivity contribution in [1.82, 2.24) is 0 Å². The van der Waals surface area contributed by atoms with Crippen LogP contribution in [-0.2, 0) is 19.3 Å². The highest BCUT2D eigenvalue weighted by Crippen LogP contribution is 2.20. The van der Waals surface area contributed by atoms with Crippen molar-refractivity contribution in [3.05, 3.63) is 57.3 Å². The van der Waals surface area contributed by atoms with E-state index >= 15 is 0 Å². The predicted octanol–water partition coefficient (Wildman–Crippen LogP) is 3.70. The highest BCUT2D eigenvalue weighted by Gasteiger charge is 2.12. The molecule has 102 valence electrons. The van der Waals surface area contributed by atoms with E-state index in [2.05, 4.69) is 19.1 Å². The van der Waals surface area contributed by atoms with Gasteiger partial charge >= 0.3 is 0 Å². The fourth-order valence-corrected chi connectivity index (χ4v) is 3.09. The molecule has 0 fully saturated rings. The number of nitrogens with two attached hydrogens (primary N) is 1. The molecule has 2 rings (SSSR count). The molecule has 1 nitrogen and oxygen atoms in total. The van der Waals surface area contributed by atoms with Gasteiger partial charge in [-0.15, -0.1) is 11.3 Å². The summed E-state index contributed by atoms with van der Waals surface area (Å²) in [6.45, 7) is 2.11. The van der Waals surface area contributed by atoms with Crippen LogP contribution in [0.25, 0.3) is 0 Å². The third-order valence-corrected chi connectivity index (χ3v) is 4.29. The van der Waals surface area contributed by atoms with Gasteiger partial charge in [-0.05, 0) is 43.0 Å². The number of thiophene rings is 1. The minimum atomic E-state index is -0.811. The van der Waals surface area contributed by atoms with Gasteiger partial charge in [-0.3, -0.25) is 0 Å². The molecule has 0 aliphatic carbocycles. The lowest BCUT2D eigenvalue weighted by atomic mass is 10.0. The first-order valence-electron chi connectivity index (χ1n) is 6.36. The normalized spacial score (nSPS) is 12.6. The molecule has 19 heavy (non-hydrogen) atoms. The molecule has 1 aromatic carbocycles. The van der Waals surface area contributed by atoms with Crippen LogP contribution < -0.4 is 5.73 Å². The lowest BCUT2D eigenvalue weighted by Crippen LogP contribution is -2.25. The molecule has 0 saturated carbocycles. The van der Waals surface area contributed by atoms with Crippen LogP contribution in [0.15, 0.2) is 30.3 Å². The topological polar surface area (TPSA) is 26.0 Å². The smallest absolute Gasteiger partial charge is 0.162 e. The largest absolute Gasteiger partial charge is 0.327 e. The van der Waals surface area contributed by atoms with Crippen LogP contribution in [0, 0.1) is 11.6 Å². The molecule has 4 heteroatoms. The Bertz CT molecular complexity index is 551. The Morgan fingerprint density at radius 2 is 1.84 bits per heavy atom. The van der Waals surface area contributed by atoms with Crippen molar-refractivity contribution >= 4 is 11.3 Å². The molecule has 0 amide bonds. The average molecular weight is 281 g/mol. The zero-order valence-corrected chi connectivity index (χ0v) is 11.6. The molecule has 2 aromatic rings. The highest BCUT2D eigenvalue weighted by atomic mass is 32.1.